The average Bonchev–Trinajstić information content (AvgIpc) is 2.49. The highest BCUT2D eigenvalue weighted by Crippen LogP contribution is 2.41. The van der Waals surface area contributed by atoms with E-state index in [0.29, 0.717) is 41.9 Å². The Labute approximate surface area is 130 Å². The molecule has 2 aromatic rings. The number of nitrogen functional groups attached to an aromatic ring is 1. The monoisotopic (exact) mass is 351 g/mol. The predicted octanol–water partition coefficient (Wildman–Crippen LogP) is 3.60. The van der Waals surface area contributed by atoms with Crippen LogP contribution in [-0.2, 0) is 0 Å². The second-order valence-electron chi connectivity index (χ2n) is 4.43. The molecule has 0 aliphatic carbocycles. The van der Waals surface area contributed by atoms with E-state index in [1.807, 2.05) is 12.1 Å². The van der Waals surface area contributed by atoms with Gasteiger partial charge in [0, 0.05) is 12.1 Å². The summed E-state index contributed by atoms with van der Waals surface area (Å²) in [5.74, 6) is 3.17. The van der Waals surface area contributed by atoms with Crippen molar-refractivity contribution in [1.29, 1.82) is 0 Å². The average molecular weight is 352 g/mol. The SMILES string of the molecule is COc1ccc(Oc2cc3c(cc2N)OCCO3)c(Br)c1. The molecule has 0 fully saturated rings. The van der Waals surface area contributed by atoms with E-state index >= 15 is 0 Å². The van der Waals surface area contributed by atoms with Crippen LogP contribution in [0.3, 0.4) is 0 Å². The first kappa shape index (κ1) is 13.9. The highest BCUT2D eigenvalue weighted by Gasteiger charge is 2.16. The summed E-state index contributed by atoms with van der Waals surface area (Å²) in [4.78, 5) is 0. The van der Waals surface area contributed by atoms with Crippen LogP contribution in [0, 0.1) is 0 Å². The van der Waals surface area contributed by atoms with Crippen LogP contribution in [0.4, 0.5) is 5.69 Å². The first-order valence-electron chi connectivity index (χ1n) is 6.38. The standard InChI is InChI=1S/C15H14BrNO4/c1-18-9-2-3-12(10(16)6-9)21-13-8-15-14(7-11(13)17)19-4-5-20-15/h2-3,6-8H,4-5,17H2,1H3. The number of ether oxygens (including phenoxy) is 4. The van der Waals surface area contributed by atoms with Gasteiger partial charge in [-0.1, -0.05) is 0 Å². The minimum absolute atomic E-state index is 0.488. The van der Waals surface area contributed by atoms with Crippen molar-refractivity contribution >= 4 is 21.6 Å². The van der Waals surface area contributed by atoms with Gasteiger partial charge in [0.2, 0.25) is 0 Å². The summed E-state index contributed by atoms with van der Waals surface area (Å²) in [6.07, 6.45) is 0. The normalized spacial score (nSPS) is 12.9. The lowest BCUT2D eigenvalue weighted by Gasteiger charge is -2.20. The summed E-state index contributed by atoms with van der Waals surface area (Å²) in [6.45, 7) is 1.04. The molecule has 5 nitrogen and oxygen atoms in total. The zero-order chi connectivity index (χ0) is 14.8. The quantitative estimate of drug-likeness (QED) is 0.856. The third kappa shape index (κ3) is 2.85. The molecule has 0 saturated heterocycles. The number of hydrogen-bond acceptors (Lipinski definition) is 5. The molecule has 3 rings (SSSR count). The molecular weight excluding hydrogens is 338 g/mol. The summed E-state index contributed by atoms with van der Waals surface area (Å²) >= 11 is 3.44. The van der Waals surface area contributed by atoms with Gasteiger partial charge in [-0.25, -0.2) is 0 Å². The molecule has 0 amide bonds. The summed E-state index contributed by atoms with van der Waals surface area (Å²) < 4.78 is 22.8. The van der Waals surface area contributed by atoms with Crippen LogP contribution in [0.15, 0.2) is 34.8 Å². The van der Waals surface area contributed by atoms with E-state index < -0.39 is 0 Å². The Bertz CT molecular complexity index is 675. The number of fused-ring (bicyclic) bond motifs is 1. The van der Waals surface area contributed by atoms with Gasteiger partial charge in [-0.2, -0.15) is 0 Å². The number of halogens is 1. The number of anilines is 1. The molecule has 0 radical (unpaired) electrons. The van der Waals surface area contributed by atoms with Gasteiger partial charge in [0.05, 0.1) is 17.3 Å². The number of benzene rings is 2. The second kappa shape index (κ2) is 5.73. The maximum atomic E-state index is 6.00. The Morgan fingerprint density at radius 3 is 2.43 bits per heavy atom. The Morgan fingerprint density at radius 1 is 1.05 bits per heavy atom. The van der Waals surface area contributed by atoms with Crippen molar-refractivity contribution in [3.05, 3.63) is 34.8 Å². The van der Waals surface area contributed by atoms with Gasteiger partial charge in [-0.3, -0.25) is 0 Å². The molecule has 1 aliphatic rings. The molecular formula is C15H14BrNO4. The van der Waals surface area contributed by atoms with Gasteiger partial charge in [0.25, 0.3) is 0 Å². The molecule has 6 heteroatoms. The third-order valence-corrected chi connectivity index (χ3v) is 3.65. The lowest BCUT2D eigenvalue weighted by Crippen LogP contribution is -2.15. The molecule has 0 unspecified atom stereocenters. The highest BCUT2D eigenvalue weighted by molar-refractivity contribution is 9.10. The lowest BCUT2D eigenvalue weighted by molar-refractivity contribution is 0.171. The van der Waals surface area contributed by atoms with E-state index in [2.05, 4.69) is 15.9 Å². The maximum absolute atomic E-state index is 6.00. The minimum Gasteiger partial charge on any atom is -0.497 e. The number of hydrogen-bond donors (Lipinski definition) is 1. The Hall–Kier alpha value is -2.08. The van der Waals surface area contributed by atoms with E-state index in [1.54, 1.807) is 25.3 Å². The van der Waals surface area contributed by atoms with Gasteiger partial charge in [-0.05, 0) is 34.1 Å². The fourth-order valence-electron chi connectivity index (χ4n) is 1.98. The minimum atomic E-state index is 0.488. The summed E-state index contributed by atoms with van der Waals surface area (Å²) in [7, 11) is 1.61. The van der Waals surface area contributed by atoms with Crippen molar-refractivity contribution in [2.24, 2.45) is 0 Å². The molecule has 1 aliphatic heterocycles. The highest BCUT2D eigenvalue weighted by atomic mass is 79.9. The molecule has 2 N–H and O–H groups in total. The first-order chi connectivity index (χ1) is 10.2. The van der Waals surface area contributed by atoms with Crippen molar-refractivity contribution in [3.63, 3.8) is 0 Å². The van der Waals surface area contributed by atoms with E-state index in [4.69, 9.17) is 24.7 Å². The molecule has 0 atom stereocenters. The van der Waals surface area contributed by atoms with Crippen LogP contribution in [0.25, 0.3) is 0 Å². The fraction of sp³-hybridized carbons (Fsp3) is 0.200. The van der Waals surface area contributed by atoms with Crippen molar-refractivity contribution in [1.82, 2.24) is 0 Å². The van der Waals surface area contributed by atoms with Gasteiger partial charge < -0.3 is 24.7 Å². The van der Waals surface area contributed by atoms with Crippen LogP contribution < -0.4 is 24.7 Å². The van der Waals surface area contributed by atoms with E-state index in [9.17, 15) is 0 Å². The summed E-state index contributed by atoms with van der Waals surface area (Å²) in [5.41, 5.74) is 6.49. The molecule has 0 saturated carbocycles. The van der Waals surface area contributed by atoms with Gasteiger partial charge in [-0.15, -0.1) is 0 Å². The van der Waals surface area contributed by atoms with Gasteiger partial charge in [0.15, 0.2) is 17.2 Å². The van der Waals surface area contributed by atoms with E-state index in [-0.39, 0.29) is 0 Å². The summed E-state index contributed by atoms with van der Waals surface area (Å²) in [5, 5.41) is 0. The van der Waals surface area contributed by atoms with Crippen molar-refractivity contribution in [2.45, 2.75) is 0 Å². The van der Waals surface area contributed by atoms with Crippen LogP contribution in [0.1, 0.15) is 0 Å². The van der Waals surface area contributed by atoms with Crippen molar-refractivity contribution in [2.75, 3.05) is 26.1 Å². The molecule has 2 aromatic carbocycles. The zero-order valence-electron chi connectivity index (χ0n) is 11.4. The lowest BCUT2D eigenvalue weighted by atomic mass is 10.2. The van der Waals surface area contributed by atoms with Crippen molar-refractivity contribution in [3.8, 4) is 28.7 Å². The maximum Gasteiger partial charge on any atom is 0.165 e. The predicted molar refractivity (Wildman–Crippen MR) is 82.6 cm³/mol. The van der Waals surface area contributed by atoms with Crippen LogP contribution in [0.2, 0.25) is 0 Å². The molecule has 110 valence electrons. The number of methoxy groups -OCH3 is 1. The van der Waals surface area contributed by atoms with Crippen LogP contribution in [-0.4, -0.2) is 20.3 Å². The van der Waals surface area contributed by atoms with Gasteiger partial charge >= 0.3 is 0 Å². The van der Waals surface area contributed by atoms with Crippen molar-refractivity contribution < 1.29 is 18.9 Å². The Morgan fingerprint density at radius 2 is 1.76 bits per heavy atom. The first-order valence-corrected chi connectivity index (χ1v) is 7.17. The van der Waals surface area contributed by atoms with E-state index in [0.717, 1.165) is 10.2 Å². The van der Waals surface area contributed by atoms with Crippen LogP contribution in [0.5, 0.6) is 28.7 Å². The van der Waals surface area contributed by atoms with Gasteiger partial charge in [0.1, 0.15) is 24.7 Å². The molecule has 21 heavy (non-hydrogen) atoms. The van der Waals surface area contributed by atoms with Crippen LogP contribution >= 0.6 is 15.9 Å². The number of rotatable bonds is 3. The van der Waals surface area contributed by atoms with E-state index in [1.165, 1.54) is 0 Å². The largest absolute Gasteiger partial charge is 0.497 e. The smallest absolute Gasteiger partial charge is 0.165 e. The third-order valence-electron chi connectivity index (χ3n) is 3.03. The molecule has 1 heterocycles. The Kier molecular flexibility index (Phi) is 3.79. The fourth-order valence-corrected chi connectivity index (χ4v) is 2.42. The second-order valence-corrected chi connectivity index (χ2v) is 5.29. The molecule has 0 aromatic heterocycles. The topological polar surface area (TPSA) is 62.9 Å². The summed E-state index contributed by atoms with van der Waals surface area (Å²) in [6, 6.07) is 8.89. The number of nitrogens with two attached hydrogens (primary N) is 1. The Balaban J connectivity index is 1.91. The molecule has 0 spiro atoms. The molecule has 0 bridgehead atoms. The zero-order valence-corrected chi connectivity index (χ0v) is 13.0.